The molecule has 0 saturated carbocycles. The summed E-state index contributed by atoms with van der Waals surface area (Å²) in [6.45, 7) is 1.17. The molecule has 1 aromatic rings. The predicted octanol–water partition coefficient (Wildman–Crippen LogP) is 2.29. The first kappa shape index (κ1) is 12.8. The van der Waals surface area contributed by atoms with Crippen LogP contribution >= 0.6 is 22.6 Å². The summed E-state index contributed by atoms with van der Waals surface area (Å²) in [5.41, 5.74) is 0.147. The third kappa shape index (κ3) is 2.77. The van der Waals surface area contributed by atoms with Gasteiger partial charge in [0, 0.05) is 23.8 Å². The van der Waals surface area contributed by atoms with Gasteiger partial charge in [-0.15, -0.1) is 0 Å². The van der Waals surface area contributed by atoms with Gasteiger partial charge in [-0.2, -0.15) is 0 Å². The largest absolute Gasteiger partial charge is 0.380 e. The molecule has 5 heteroatoms. The highest BCUT2D eigenvalue weighted by molar-refractivity contribution is 14.1. The third-order valence-corrected chi connectivity index (χ3v) is 3.60. The minimum Gasteiger partial charge on any atom is -0.380 e. The summed E-state index contributed by atoms with van der Waals surface area (Å²) in [5, 5.41) is 0. The maximum atomic E-state index is 13.6. The van der Waals surface area contributed by atoms with E-state index in [0.29, 0.717) is 13.1 Å². The Labute approximate surface area is 113 Å². The molecule has 0 aromatic heterocycles. The lowest BCUT2D eigenvalue weighted by atomic mass is 10.2. The van der Waals surface area contributed by atoms with Gasteiger partial charge in [-0.05, 0) is 47.2 Å². The van der Waals surface area contributed by atoms with Crippen LogP contribution in [0.2, 0.25) is 0 Å². The Morgan fingerprint density at radius 2 is 2.35 bits per heavy atom. The molecule has 1 fully saturated rings. The van der Waals surface area contributed by atoms with Crippen LogP contribution in [0, 0.1) is 9.39 Å². The third-order valence-electron chi connectivity index (χ3n) is 2.92. The monoisotopic (exact) mass is 349 g/mol. The highest BCUT2D eigenvalue weighted by atomic mass is 127. The number of rotatable bonds is 2. The fourth-order valence-corrected chi connectivity index (χ4v) is 2.43. The number of hydrogen-bond acceptors (Lipinski definition) is 2. The number of benzene rings is 1. The van der Waals surface area contributed by atoms with Gasteiger partial charge >= 0.3 is 0 Å². The highest BCUT2D eigenvalue weighted by Gasteiger charge is 2.28. The lowest BCUT2D eigenvalue weighted by molar-refractivity contribution is 0.0720. The fourth-order valence-electron chi connectivity index (χ4n) is 1.94. The van der Waals surface area contributed by atoms with Crippen LogP contribution in [0.1, 0.15) is 16.8 Å². The van der Waals surface area contributed by atoms with E-state index >= 15 is 0 Å². The molecule has 3 nitrogen and oxygen atoms in total. The van der Waals surface area contributed by atoms with Gasteiger partial charge in [0.2, 0.25) is 0 Å². The molecular weight excluding hydrogens is 336 g/mol. The number of carbonyl (C=O) groups is 1. The van der Waals surface area contributed by atoms with Crippen molar-refractivity contribution in [2.75, 3.05) is 20.2 Å². The molecule has 1 aliphatic rings. The zero-order chi connectivity index (χ0) is 12.4. The minimum atomic E-state index is -0.462. The Morgan fingerprint density at radius 3 is 3.00 bits per heavy atom. The minimum absolute atomic E-state index is 0.0739. The maximum Gasteiger partial charge on any atom is 0.256 e. The molecular formula is C12H13FINO2. The van der Waals surface area contributed by atoms with E-state index in [1.165, 1.54) is 6.07 Å². The Kier molecular flexibility index (Phi) is 3.98. The molecule has 1 heterocycles. The predicted molar refractivity (Wildman–Crippen MR) is 70.4 cm³/mol. The van der Waals surface area contributed by atoms with E-state index in [-0.39, 0.29) is 17.6 Å². The summed E-state index contributed by atoms with van der Waals surface area (Å²) in [4.78, 5) is 13.8. The normalized spacial score (nSPS) is 19.7. The molecule has 0 bridgehead atoms. The Hall–Kier alpha value is -0.690. The average molecular weight is 349 g/mol. The second-order valence-electron chi connectivity index (χ2n) is 4.02. The second kappa shape index (κ2) is 5.30. The molecule has 1 saturated heterocycles. The summed E-state index contributed by atoms with van der Waals surface area (Å²) in [6.07, 6.45) is 0.887. The van der Waals surface area contributed by atoms with E-state index in [4.69, 9.17) is 4.74 Å². The van der Waals surface area contributed by atoms with E-state index in [2.05, 4.69) is 22.6 Å². The lowest BCUT2D eigenvalue weighted by Gasteiger charge is -2.16. The van der Waals surface area contributed by atoms with Crippen molar-refractivity contribution in [3.8, 4) is 0 Å². The summed E-state index contributed by atoms with van der Waals surface area (Å²) in [6, 6.07) is 4.56. The van der Waals surface area contributed by atoms with Gasteiger partial charge in [0.15, 0.2) is 0 Å². The van der Waals surface area contributed by atoms with E-state index in [0.717, 1.165) is 9.99 Å². The summed E-state index contributed by atoms with van der Waals surface area (Å²) >= 11 is 2.07. The molecule has 1 aromatic carbocycles. The van der Waals surface area contributed by atoms with Crippen LogP contribution in [0.3, 0.4) is 0 Å². The molecule has 1 atom stereocenters. The molecule has 1 amide bonds. The first-order valence-corrected chi connectivity index (χ1v) is 6.47. The number of likely N-dealkylation sites (tertiary alicyclic amines) is 1. The lowest BCUT2D eigenvalue weighted by Crippen LogP contribution is -2.30. The van der Waals surface area contributed by atoms with Gasteiger partial charge in [-0.3, -0.25) is 4.79 Å². The number of ether oxygens (including phenoxy) is 1. The van der Waals surface area contributed by atoms with Crippen LogP contribution in [-0.4, -0.2) is 37.1 Å². The second-order valence-corrected chi connectivity index (χ2v) is 5.27. The van der Waals surface area contributed by atoms with Gasteiger partial charge in [0.05, 0.1) is 11.7 Å². The van der Waals surface area contributed by atoms with Crippen molar-refractivity contribution in [2.24, 2.45) is 0 Å². The number of methoxy groups -OCH3 is 1. The van der Waals surface area contributed by atoms with Crippen molar-refractivity contribution < 1.29 is 13.9 Å². The number of carbonyl (C=O) groups excluding carboxylic acids is 1. The van der Waals surface area contributed by atoms with E-state index < -0.39 is 5.82 Å². The zero-order valence-corrected chi connectivity index (χ0v) is 11.6. The standard InChI is InChI=1S/C12H13FINO2/c1-17-9-4-5-15(7-9)12(16)10-6-8(14)2-3-11(10)13/h2-3,6,9H,4-5,7H2,1H3. The van der Waals surface area contributed by atoms with Crippen LogP contribution in [0.25, 0.3) is 0 Å². The van der Waals surface area contributed by atoms with Gasteiger partial charge in [0.25, 0.3) is 5.91 Å². The highest BCUT2D eigenvalue weighted by Crippen LogP contribution is 2.19. The molecule has 1 unspecified atom stereocenters. The Morgan fingerprint density at radius 1 is 1.59 bits per heavy atom. The van der Waals surface area contributed by atoms with Crippen LogP contribution in [0.15, 0.2) is 18.2 Å². The van der Waals surface area contributed by atoms with Crippen molar-refractivity contribution in [3.63, 3.8) is 0 Å². The zero-order valence-electron chi connectivity index (χ0n) is 9.45. The molecule has 17 heavy (non-hydrogen) atoms. The van der Waals surface area contributed by atoms with Crippen molar-refractivity contribution in [3.05, 3.63) is 33.1 Å². The van der Waals surface area contributed by atoms with E-state index in [9.17, 15) is 9.18 Å². The maximum absolute atomic E-state index is 13.6. The molecule has 1 aliphatic heterocycles. The molecule has 0 N–H and O–H groups in total. The molecule has 92 valence electrons. The quantitative estimate of drug-likeness (QED) is 0.767. The molecule has 0 radical (unpaired) electrons. The van der Waals surface area contributed by atoms with E-state index in [1.807, 2.05) is 0 Å². The van der Waals surface area contributed by atoms with Gasteiger partial charge in [-0.1, -0.05) is 0 Å². The number of amides is 1. The van der Waals surface area contributed by atoms with Crippen molar-refractivity contribution >= 4 is 28.5 Å². The summed E-state index contributed by atoms with van der Waals surface area (Å²) < 4.78 is 19.6. The van der Waals surface area contributed by atoms with Crippen molar-refractivity contribution in [2.45, 2.75) is 12.5 Å². The smallest absolute Gasteiger partial charge is 0.256 e. The van der Waals surface area contributed by atoms with Crippen molar-refractivity contribution in [1.29, 1.82) is 0 Å². The molecule has 0 aliphatic carbocycles. The number of halogens is 2. The molecule has 0 spiro atoms. The van der Waals surface area contributed by atoms with Gasteiger partial charge < -0.3 is 9.64 Å². The first-order chi connectivity index (χ1) is 8.11. The average Bonchev–Trinajstić information content (AvgIpc) is 2.80. The van der Waals surface area contributed by atoms with Crippen molar-refractivity contribution in [1.82, 2.24) is 4.90 Å². The van der Waals surface area contributed by atoms with Crippen LogP contribution in [0.4, 0.5) is 4.39 Å². The fraction of sp³-hybridized carbons (Fsp3) is 0.417. The summed E-state index contributed by atoms with van der Waals surface area (Å²) in [7, 11) is 1.63. The number of hydrogen-bond donors (Lipinski definition) is 0. The number of nitrogens with zero attached hydrogens (tertiary/aromatic N) is 1. The van der Waals surface area contributed by atoms with Crippen LogP contribution < -0.4 is 0 Å². The topological polar surface area (TPSA) is 29.5 Å². The van der Waals surface area contributed by atoms with Crippen LogP contribution in [0.5, 0.6) is 0 Å². The van der Waals surface area contributed by atoms with Gasteiger partial charge in [-0.25, -0.2) is 4.39 Å². The summed E-state index contributed by atoms with van der Waals surface area (Å²) in [5.74, 6) is -0.711. The Bertz CT molecular complexity index is 439. The Balaban J connectivity index is 2.17. The van der Waals surface area contributed by atoms with Crippen LogP contribution in [-0.2, 0) is 4.74 Å². The molecule has 2 rings (SSSR count). The van der Waals surface area contributed by atoms with E-state index in [1.54, 1.807) is 24.1 Å². The van der Waals surface area contributed by atoms with Gasteiger partial charge in [0.1, 0.15) is 5.82 Å². The SMILES string of the molecule is COC1CCN(C(=O)c2cc(I)ccc2F)C1. The first-order valence-electron chi connectivity index (χ1n) is 5.39.